The number of anilines is 2. The first-order chi connectivity index (χ1) is 17.0. The van der Waals surface area contributed by atoms with Gasteiger partial charge in [0.15, 0.2) is 5.78 Å². The Morgan fingerprint density at radius 3 is 2.25 bits per heavy atom. The number of methoxy groups -OCH3 is 1. The summed E-state index contributed by atoms with van der Waals surface area (Å²) in [6.45, 7) is 4.97. The highest BCUT2D eigenvalue weighted by Gasteiger charge is 2.36. The Hall–Kier alpha value is -3.51. The summed E-state index contributed by atoms with van der Waals surface area (Å²) in [5, 5.41) is 0. The number of fused-ring (bicyclic) bond motifs is 3. The second-order valence-electron chi connectivity index (χ2n) is 9.17. The van der Waals surface area contributed by atoms with E-state index in [0.717, 1.165) is 60.5 Å². The maximum atomic E-state index is 13.6. The molecule has 3 aromatic carbocycles. The minimum atomic E-state index is -0.468. The van der Waals surface area contributed by atoms with Crippen molar-refractivity contribution in [1.82, 2.24) is 0 Å². The van der Waals surface area contributed by atoms with Gasteiger partial charge in [-0.3, -0.25) is 9.59 Å². The number of nitrogens with zero attached hydrogens (tertiary/aromatic N) is 2. The predicted octanol–water partition coefficient (Wildman–Crippen LogP) is 5.10. The van der Waals surface area contributed by atoms with Gasteiger partial charge >= 0.3 is 0 Å². The van der Waals surface area contributed by atoms with Gasteiger partial charge in [0.2, 0.25) is 0 Å². The highest BCUT2D eigenvalue weighted by Crippen LogP contribution is 2.45. The molecule has 188 valence electrons. The number of ketones is 1. The number of hydrogen-bond donors (Lipinski definition) is 1. The molecular formula is C29H32ClN3O3. The molecule has 1 amide bonds. The van der Waals surface area contributed by atoms with Crippen molar-refractivity contribution in [3.8, 4) is 16.9 Å². The Balaban J connectivity index is 0.00000304. The Labute approximate surface area is 218 Å². The molecule has 0 unspecified atom stereocenters. The van der Waals surface area contributed by atoms with E-state index in [1.807, 2.05) is 48.5 Å². The Morgan fingerprint density at radius 2 is 1.58 bits per heavy atom. The van der Waals surface area contributed by atoms with Crippen LogP contribution >= 0.6 is 12.4 Å². The molecule has 1 saturated heterocycles. The summed E-state index contributed by atoms with van der Waals surface area (Å²) in [4.78, 5) is 30.9. The number of nitrogens with two attached hydrogens (primary N) is 1. The third-order valence-corrected chi connectivity index (χ3v) is 7.14. The van der Waals surface area contributed by atoms with Crippen molar-refractivity contribution in [3.05, 3.63) is 76.9 Å². The highest BCUT2D eigenvalue weighted by molar-refractivity contribution is 6.26. The van der Waals surface area contributed by atoms with E-state index in [1.165, 1.54) is 0 Å². The van der Waals surface area contributed by atoms with E-state index >= 15 is 0 Å². The fraction of sp³-hybridized carbons (Fsp3) is 0.310. The molecule has 2 aliphatic rings. The van der Waals surface area contributed by atoms with Gasteiger partial charge in [-0.15, -0.1) is 12.4 Å². The van der Waals surface area contributed by atoms with E-state index in [-0.39, 0.29) is 18.2 Å². The Bertz CT molecular complexity index is 1300. The number of carbonyl (C=O) groups excluding carboxylic acids is 2. The summed E-state index contributed by atoms with van der Waals surface area (Å²) in [6, 6.07) is 17.7. The van der Waals surface area contributed by atoms with Crippen molar-refractivity contribution in [2.45, 2.75) is 26.2 Å². The standard InChI is InChI=1S/C29H31N3O3.ClH/c1-3-4-9-19-18-22-20-10-5-6-11-21(20)28(33)26(22)27(25(19)29(30)34)32-16-14-31(15-17-32)23-12-7-8-13-24(23)35-2;/h5-8,10-13,18H,3-4,9,14-17H2,1-2H3,(H2,30,34);1H. The first-order valence-corrected chi connectivity index (χ1v) is 12.3. The van der Waals surface area contributed by atoms with E-state index in [0.29, 0.717) is 35.5 Å². The van der Waals surface area contributed by atoms with E-state index in [1.54, 1.807) is 7.11 Å². The lowest BCUT2D eigenvalue weighted by Crippen LogP contribution is -2.47. The van der Waals surface area contributed by atoms with Crippen LogP contribution in [0.25, 0.3) is 11.1 Å². The molecule has 1 fully saturated rings. The zero-order chi connectivity index (χ0) is 24.5. The van der Waals surface area contributed by atoms with Crippen LogP contribution in [0.5, 0.6) is 5.75 Å². The quantitative estimate of drug-likeness (QED) is 0.378. The molecule has 6 nitrogen and oxygen atoms in total. The zero-order valence-electron chi connectivity index (χ0n) is 20.8. The summed E-state index contributed by atoms with van der Waals surface area (Å²) in [6.07, 6.45) is 2.72. The number of carbonyl (C=O) groups is 2. The molecule has 3 aromatic rings. The highest BCUT2D eigenvalue weighted by atomic mass is 35.5. The van der Waals surface area contributed by atoms with Gasteiger partial charge in [0, 0.05) is 31.7 Å². The van der Waals surface area contributed by atoms with Gasteiger partial charge in [0.1, 0.15) is 5.75 Å². The first kappa shape index (κ1) is 25.6. The van der Waals surface area contributed by atoms with E-state index in [2.05, 4.69) is 22.8 Å². The fourth-order valence-electron chi connectivity index (χ4n) is 5.43. The molecule has 0 spiro atoms. The van der Waals surface area contributed by atoms with E-state index < -0.39 is 5.91 Å². The van der Waals surface area contributed by atoms with E-state index in [9.17, 15) is 9.59 Å². The van der Waals surface area contributed by atoms with Crippen LogP contribution in [-0.2, 0) is 6.42 Å². The van der Waals surface area contributed by atoms with Gasteiger partial charge in [0.05, 0.1) is 29.6 Å². The summed E-state index contributed by atoms with van der Waals surface area (Å²) >= 11 is 0. The average molecular weight is 506 g/mol. The first-order valence-electron chi connectivity index (χ1n) is 12.3. The lowest BCUT2D eigenvalue weighted by atomic mass is 9.91. The van der Waals surface area contributed by atoms with Crippen LogP contribution in [0.2, 0.25) is 0 Å². The van der Waals surface area contributed by atoms with Gasteiger partial charge in [0.25, 0.3) is 5.91 Å². The number of primary amides is 1. The van der Waals surface area contributed by atoms with Gasteiger partial charge in [-0.05, 0) is 47.7 Å². The molecule has 0 atom stereocenters. The smallest absolute Gasteiger partial charge is 0.251 e. The van der Waals surface area contributed by atoms with Crippen LogP contribution in [0.4, 0.5) is 11.4 Å². The molecule has 0 radical (unpaired) electrons. The lowest BCUT2D eigenvalue weighted by Gasteiger charge is -2.39. The number of benzene rings is 3. The number of unbranched alkanes of at least 4 members (excludes halogenated alkanes) is 1. The van der Waals surface area contributed by atoms with Crippen molar-refractivity contribution in [2.75, 3.05) is 43.1 Å². The summed E-state index contributed by atoms with van der Waals surface area (Å²) < 4.78 is 5.56. The van der Waals surface area contributed by atoms with Crippen molar-refractivity contribution in [2.24, 2.45) is 5.73 Å². The number of hydrogen-bond acceptors (Lipinski definition) is 5. The second-order valence-corrected chi connectivity index (χ2v) is 9.17. The predicted molar refractivity (Wildman–Crippen MR) is 147 cm³/mol. The van der Waals surface area contributed by atoms with Crippen LogP contribution < -0.4 is 20.3 Å². The van der Waals surface area contributed by atoms with Crippen LogP contribution in [0.3, 0.4) is 0 Å². The van der Waals surface area contributed by atoms with Crippen molar-refractivity contribution < 1.29 is 14.3 Å². The van der Waals surface area contributed by atoms with Crippen LogP contribution in [-0.4, -0.2) is 45.0 Å². The number of rotatable bonds is 7. The number of para-hydroxylation sites is 2. The molecule has 2 N–H and O–H groups in total. The fourth-order valence-corrected chi connectivity index (χ4v) is 5.43. The molecule has 36 heavy (non-hydrogen) atoms. The molecular weight excluding hydrogens is 474 g/mol. The number of aryl methyl sites for hydroxylation is 1. The Kier molecular flexibility index (Phi) is 7.55. The molecule has 0 bridgehead atoms. The van der Waals surface area contributed by atoms with Gasteiger partial charge in [-0.25, -0.2) is 0 Å². The van der Waals surface area contributed by atoms with E-state index in [4.69, 9.17) is 10.5 Å². The third kappa shape index (κ3) is 4.30. The largest absolute Gasteiger partial charge is 0.495 e. The molecule has 1 aliphatic heterocycles. The topological polar surface area (TPSA) is 75.9 Å². The van der Waals surface area contributed by atoms with Gasteiger partial charge < -0.3 is 20.3 Å². The normalized spacial score (nSPS) is 14.2. The van der Waals surface area contributed by atoms with Crippen molar-refractivity contribution >= 4 is 35.5 Å². The summed E-state index contributed by atoms with van der Waals surface area (Å²) in [5.41, 5.74) is 12.4. The van der Waals surface area contributed by atoms with Crippen molar-refractivity contribution in [1.29, 1.82) is 0 Å². The van der Waals surface area contributed by atoms with Gasteiger partial charge in [-0.2, -0.15) is 0 Å². The maximum absolute atomic E-state index is 13.6. The molecule has 5 rings (SSSR count). The SMILES string of the molecule is CCCCc1cc2c(c(N3CCN(c4ccccc4OC)CC3)c1C(N)=O)C(=O)c1ccccc1-2.Cl. The Morgan fingerprint density at radius 1 is 0.944 bits per heavy atom. The van der Waals surface area contributed by atoms with Crippen molar-refractivity contribution in [3.63, 3.8) is 0 Å². The molecule has 0 saturated carbocycles. The zero-order valence-corrected chi connectivity index (χ0v) is 21.6. The number of piperazine rings is 1. The summed E-state index contributed by atoms with van der Waals surface area (Å²) in [7, 11) is 1.68. The minimum Gasteiger partial charge on any atom is -0.495 e. The average Bonchev–Trinajstić information content (AvgIpc) is 3.18. The molecule has 1 heterocycles. The maximum Gasteiger partial charge on any atom is 0.251 e. The molecule has 0 aromatic heterocycles. The molecule has 7 heteroatoms. The number of ether oxygens (including phenoxy) is 1. The lowest BCUT2D eigenvalue weighted by molar-refractivity contribution is 0.0999. The molecule has 1 aliphatic carbocycles. The monoisotopic (exact) mass is 505 g/mol. The van der Waals surface area contributed by atoms with Gasteiger partial charge in [-0.1, -0.05) is 49.7 Å². The van der Waals surface area contributed by atoms with Crippen LogP contribution in [0.15, 0.2) is 54.6 Å². The number of amides is 1. The summed E-state index contributed by atoms with van der Waals surface area (Å²) in [5.74, 6) is 0.346. The minimum absolute atomic E-state index is 0. The third-order valence-electron chi connectivity index (χ3n) is 7.14. The van der Waals surface area contributed by atoms with Crippen LogP contribution in [0, 0.1) is 0 Å². The number of halogens is 1. The van der Waals surface area contributed by atoms with Crippen LogP contribution in [0.1, 0.15) is 51.6 Å². The second kappa shape index (κ2) is 10.6.